The van der Waals surface area contributed by atoms with E-state index in [0.29, 0.717) is 11.3 Å². The average molecular weight is 370 g/mol. The van der Waals surface area contributed by atoms with Gasteiger partial charge in [-0.3, -0.25) is 15.6 Å². The molecule has 0 saturated heterocycles. The fraction of sp³-hybridized carbons (Fsp3) is 0.130. The van der Waals surface area contributed by atoms with Crippen LogP contribution in [0, 0.1) is 6.92 Å². The Morgan fingerprint density at radius 1 is 1.00 bits per heavy atom. The normalized spacial score (nSPS) is 10.9. The lowest BCUT2D eigenvalue weighted by Crippen LogP contribution is -2.35. The van der Waals surface area contributed by atoms with Gasteiger partial charge in [0.05, 0.1) is 16.7 Å². The van der Waals surface area contributed by atoms with Gasteiger partial charge in [0.1, 0.15) is 5.82 Å². The molecule has 0 bridgehead atoms. The third-order valence-electron chi connectivity index (χ3n) is 4.94. The van der Waals surface area contributed by atoms with E-state index in [1.807, 2.05) is 55.5 Å². The molecule has 0 aliphatic carbocycles. The Morgan fingerprint density at radius 2 is 1.75 bits per heavy atom. The van der Waals surface area contributed by atoms with Crippen molar-refractivity contribution >= 4 is 33.4 Å². The summed E-state index contributed by atoms with van der Waals surface area (Å²) in [5.41, 5.74) is 9.59. The number of hydrazine groups is 1. The third-order valence-corrected chi connectivity index (χ3v) is 4.94. The molecule has 0 aliphatic rings. The number of carbonyl (C=O) groups is 1. The predicted octanol–water partition coefficient (Wildman–Crippen LogP) is 4.42. The number of benzene rings is 3. The van der Waals surface area contributed by atoms with Crippen LogP contribution in [-0.4, -0.2) is 15.5 Å². The summed E-state index contributed by atoms with van der Waals surface area (Å²) in [6.07, 6.45) is 0. The number of aromatic nitrogens is 2. The quantitative estimate of drug-likeness (QED) is 0.511. The zero-order valence-corrected chi connectivity index (χ0v) is 16.0. The molecule has 28 heavy (non-hydrogen) atoms. The first-order valence-corrected chi connectivity index (χ1v) is 9.28. The summed E-state index contributed by atoms with van der Waals surface area (Å²) >= 11 is 0. The number of aryl methyl sites for hydroxylation is 2. The van der Waals surface area contributed by atoms with Crippen molar-refractivity contribution in [2.75, 3.05) is 0 Å². The molecule has 3 aromatic carbocycles. The van der Waals surface area contributed by atoms with Gasteiger partial charge in [-0.1, -0.05) is 43.0 Å². The smallest absolute Gasteiger partial charge is 0.269 e. The molecule has 0 atom stereocenters. The number of rotatable bonds is 5. The van der Waals surface area contributed by atoms with Gasteiger partial charge >= 0.3 is 0 Å². The summed E-state index contributed by atoms with van der Waals surface area (Å²) in [6, 6.07) is 19.8. The van der Waals surface area contributed by atoms with Gasteiger partial charge in [0.15, 0.2) is 0 Å². The van der Waals surface area contributed by atoms with Crippen molar-refractivity contribution in [1.29, 1.82) is 0 Å². The molecule has 1 amide bonds. The number of fused-ring (bicyclic) bond motifs is 2. The molecule has 0 spiro atoms. The molecule has 1 heterocycles. The number of imidazole rings is 1. The lowest BCUT2D eigenvalue weighted by molar-refractivity contribution is 0.0942. The Balaban J connectivity index is 1.48. The lowest BCUT2D eigenvalue weighted by Gasteiger charge is -2.12. The predicted molar refractivity (Wildman–Crippen MR) is 114 cm³/mol. The van der Waals surface area contributed by atoms with Gasteiger partial charge in [-0.05, 0) is 54.4 Å². The van der Waals surface area contributed by atoms with Crippen LogP contribution in [-0.2, 0) is 6.54 Å². The highest BCUT2D eigenvalue weighted by atomic mass is 16.2. The number of nitrogens with zero attached hydrogens (tertiary/aromatic N) is 2. The molecule has 5 heteroatoms. The van der Waals surface area contributed by atoms with Crippen molar-refractivity contribution in [3.63, 3.8) is 0 Å². The number of hydrogen-bond donors (Lipinski definition) is 2. The van der Waals surface area contributed by atoms with Crippen LogP contribution < -0.4 is 10.9 Å². The SMILES string of the molecule is C=C(NNC(=O)c1ccc2c(c1)nc(C)n2CC)c1ccc2ccccc2c1. The number of carbonyl (C=O) groups excluding carboxylic acids is 1. The minimum absolute atomic E-state index is 0.229. The van der Waals surface area contributed by atoms with Crippen molar-refractivity contribution in [3.8, 4) is 0 Å². The van der Waals surface area contributed by atoms with Crippen LogP contribution in [0.5, 0.6) is 0 Å². The first kappa shape index (κ1) is 17.8. The molecule has 0 saturated carbocycles. The van der Waals surface area contributed by atoms with Gasteiger partial charge in [0, 0.05) is 12.1 Å². The van der Waals surface area contributed by atoms with Crippen LogP contribution in [0.4, 0.5) is 0 Å². The van der Waals surface area contributed by atoms with Crippen molar-refractivity contribution in [2.45, 2.75) is 20.4 Å². The maximum atomic E-state index is 12.5. The van der Waals surface area contributed by atoms with Crippen molar-refractivity contribution in [2.24, 2.45) is 0 Å². The van der Waals surface area contributed by atoms with E-state index in [9.17, 15) is 4.79 Å². The summed E-state index contributed by atoms with van der Waals surface area (Å²) in [7, 11) is 0. The van der Waals surface area contributed by atoms with E-state index in [1.165, 1.54) is 0 Å². The first-order chi connectivity index (χ1) is 13.6. The van der Waals surface area contributed by atoms with E-state index in [4.69, 9.17) is 0 Å². The molecule has 0 fully saturated rings. The van der Waals surface area contributed by atoms with Crippen molar-refractivity contribution in [1.82, 2.24) is 20.4 Å². The minimum atomic E-state index is -0.229. The molecule has 0 unspecified atom stereocenters. The first-order valence-electron chi connectivity index (χ1n) is 9.28. The lowest BCUT2D eigenvalue weighted by atomic mass is 10.1. The fourth-order valence-corrected chi connectivity index (χ4v) is 3.44. The highest BCUT2D eigenvalue weighted by Gasteiger charge is 2.11. The molecule has 0 radical (unpaired) electrons. The second-order valence-electron chi connectivity index (χ2n) is 6.73. The Labute approximate surface area is 163 Å². The van der Waals surface area contributed by atoms with Gasteiger partial charge in [-0.25, -0.2) is 4.98 Å². The maximum absolute atomic E-state index is 12.5. The fourth-order valence-electron chi connectivity index (χ4n) is 3.44. The van der Waals surface area contributed by atoms with Crippen LogP contribution in [0.3, 0.4) is 0 Å². The van der Waals surface area contributed by atoms with Crippen LogP contribution in [0.2, 0.25) is 0 Å². The second-order valence-corrected chi connectivity index (χ2v) is 6.73. The minimum Gasteiger partial charge on any atom is -0.329 e. The largest absolute Gasteiger partial charge is 0.329 e. The van der Waals surface area contributed by atoms with Crippen LogP contribution in [0.15, 0.2) is 67.2 Å². The second kappa shape index (κ2) is 7.19. The van der Waals surface area contributed by atoms with E-state index in [0.717, 1.165) is 39.7 Å². The summed E-state index contributed by atoms with van der Waals surface area (Å²) in [6.45, 7) is 8.93. The summed E-state index contributed by atoms with van der Waals surface area (Å²) in [5, 5.41) is 2.29. The summed E-state index contributed by atoms with van der Waals surface area (Å²) < 4.78 is 2.12. The number of nitrogens with one attached hydrogen (secondary N) is 2. The molecular weight excluding hydrogens is 348 g/mol. The maximum Gasteiger partial charge on any atom is 0.269 e. The van der Waals surface area contributed by atoms with Gasteiger partial charge in [0.25, 0.3) is 5.91 Å². The van der Waals surface area contributed by atoms with E-state index in [-0.39, 0.29) is 5.91 Å². The van der Waals surface area contributed by atoms with Crippen molar-refractivity contribution < 1.29 is 4.79 Å². The number of hydrogen-bond acceptors (Lipinski definition) is 3. The molecule has 4 rings (SSSR count). The van der Waals surface area contributed by atoms with Crippen LogP contribution in [0.1, 0.15) is 28.7 Å². The highest BCUT2D eigenvalue weighted by molar-refractivity contribution is 5.97. The van der Waals surface area contributed by atoms with E-state index < -0.39 is 0 Å². The molecule has 2 N–H and O–H groups in total. The molecule has 4 aromatic rings. The standard InChI is InChI=1S/C23H22N4O/c1-4-27-16(3)24-21-14-20(11-12-22(21)27)23(28)26-25-15(2)18-10-9-17-7-5-6-8-19(17)13-18/h5-14,25H,2,4H2,1,3H3,(H,26,28). The topological polar surface area (TPSA) is 58.9 Å². The molecule has 1 aromatic heterocycles. The van der Waals surface area contributed by atoms with E-state index in [2.05, 4.69) is 46.0 Å². The van der Waals surface area contributed by atoms with Crippen LogP contribution in [0.25, 0.3) is 27.5 Å². The Kier molecular flexibility index (Phi) is 4.57. The Hall–Kier alpha value is -3.60. The van der Waals surface area contributed by atoms with Gasteiger partial charge < -0.3 is 4.57 Å². The van der Waals surface area contributed by atoms with Gasteiger partial charge in [-0.15, -0.1) is 0 Å². The summed E-state index contributed by atoms with van der Waals surface area (Å²) in [4.78, 5) is 17.1. The highest BCUT2D eigenvalue weighted by Crippen LogP contribution is 2.19. The molecule has 140 valence electrons. The average Bonchev–Trinajstić information content (AvgIpc) is 3.05. The zero-order valence-electron chi connectivity index (χ0n) is 16.0. The van der Waals surface area contributed by atoms with E-state index >= 15 is 0 Å². The number of amides is 1. The molecule has 0 aliphatic heterocycles. The van der Waals surface area contributed by atoms with Gasteiger partial charge in [-0.2, -0.15) is 0 Å². The molecular formula is C23H22N4O. The monoisotopic (exact) mass is 370 g/mol. The third kappa shape index (κ3) is 3.22. The molecule has 5 nitrogen and oxygen atoms in total. The zero-order chi connectivity index (χ0) is 19.7. The summed E-state index contributed by atoms with van der Waals surface area (Å²) in [5.74, 6) is 0.713. The van der Waals surface area contributed by atoms with E-state index in [1.54, 1.807) is 0 Å². The Morgan fingerprint density at radius 3 is 2.54 bits per heavy atom. The van der Waals surface area contributed by atoms with Gasteiger partial charge in [0.2, 0.25) is 0 Å². The van der Waals surface area contributed by atoms with Crippen LogP contribution >= 0.6 is 0 Å². The van der Waals surface area contributed by atoms with Crippen molar-refractivity contribution in [3.05, 3.63) is 84.2 Å². The Bertz CT molecular complexity index is 1210.